The number of hydrogen-bond acceptors (Lipinski definition) is 5. The van der Waals surface area contributed by atoms with Crippen molar-refractivity contribution in [3.05, 3.63) is 30.5 Å². The van der Waals surface area contributed by atoms with Crippen molar-refractivity contribution in [1.29, 1.82) is 0 Å². The lowest BCUT2D eigenvalue weighted by Gasteiger charge is -1.98. The maximum absolute atomic E-state index is 10.7. The molecule has 0 atom stereocenters. The maximum Gasteiger partial charge on any atom is 0.325 e. The molecule has 0 fully saturated rings. The zero-order valence-electron chi connectivity index (χ0n) is 9.15. The number of aromatic nitrogens is 4. The second-order valence-corrected chi connectivity index (χ2v) is 3.71. The number of rotatable bonds is 3. The second-order valence-electron chi connectivity index (χ2n) is 3.71. The smallest absolute Gasteiger partial charge is 0.325 e. The highest BCUT2D eigenvalue weighted by Gasteiger charge is 2.17. The Morgan fingerprint density at radius 3 is 3.06 bits per heavy atom. The largest absolute Gasteiger partial charge is 0.480 e. The van der Waals surface area contributed by atoms with E-state index in [1.54, 1.807) is 6.26 Å². The molecule has 18 heavy (non-hydrogen) atoms. The number of benzene rings is 1. The second kappa shape index (κ2) is 3.95. The molecular formula is C11H8N4O3. The van der Waals surface area contributed by atoms with Crippen LogP contribution in [-0.4, -0.2) is 31.3 Å². The SMILES string of the molecule is O=C(O)Cn1nnnc1-c1occ2ccccc12. The molecule has 0 saturated carbocycles. The summed E-state index contributed by atoms with van der Waals surface area (Å²) < 4.78 is 6.61. The molecule has 0 unspecified atom stereocenters. The van der Waals surface area contributed by atoms with Gasteiger partial charge in [0, 0.05) is 10.8 Å². The first-order chi connectivity index (χ1) is 8.75. The summed E-state index contributed by atoms with van der Waals surface area (Å²) in [6.07, 6.45) is 1.59. The molecule has 2 heterocycles. The van der Waals surface area contributed by atoms with Crippen LogP contribution in [0.25, 0.3) is 22.4 Å². The van der Waals surface area contributed by atoms with Crippen LogP contribution in [0, 0.1) is 0 Å². The summed E-state index contributed by atoms with van der Waals surface area (Å²) in [6, 6.07) is 7.52. The molecule has 1 N–H and O–H groups in total. The molecule has 2 aromatic heterocycles. The highest BCUT2D eigenvalue weighted by molar-refractivity contribution is 5.92. The molecular weight excluding hydrogens is 236 g/mol. The van der Waals surface area contributed by atoms with Gasteiger partial charge in [0.2, 0.25) is 5.82 Å². The number of nitrogens with zero attached hydrogens (tertiary/aromatic N) is 4. The first-order valence-electron chi connectivity index (χ1n) is 5.20. The minimum atomic E-state index is -1.01. The lowest BCUT2D eigenvalue weighted by molar-refractivity contribution is -0.137. The van der Waals surface area contributed by atoms with Gasteiger partial charge in [0.25, 0.3) is 0 Å². The first kappa shape index (κ1) is 10.5. The van der Waals surface area contributed by atoms with Crippen LogP contribution in [0.2, 0.25) is 0 Å². The van der Waals surface area contributed by atoms with Crippen LogP contribution < -0.4 is 0 Å². The molecule has 0 aliphatic heterocycles. The third-order valence-electron chi connectivity index (χ3n) is 2.53. The predicted octanol–water partition coefficient (Wildman–Crippen LogP) is 1.17. The molecule has 90 valence electrons. The molecule has 0 aliphatic carbocycles. The fourth-order valence-electron chi connectivity index (χ4n) is 1.77. The van der Waals surface area contributed by atoms with E-state index in [9.17, 15) is 4.79 Å². The fourth-order valence-corrected chi connectivity index (χ4v) is 1.77. The van der Waals surface area contributed by atoms with Crippen LogP contribution in [0.3, 0.4) is 0 Å². The number of carboxylic acid groups (broad SMARTS) is 1. The van der Waals surface area contributed by atoms with Crippen LogP contribution in [0.4, 0.5) is 0 Å². The van der Waals surface area contributed by atoms with Gasteiger partial charge in [0.15, 0.2) is 5.76 Å². The summed E-state index contributed by atoms with van der Waals surface area (Å²) in [4.78, 5) is 10.7. The quantitative estimate of drug-likeness (QED) is 0.743. The highest BCUT2D eigenvalue weighted by Crippen LogP contribution is 2.28. The molecule has 7 heteroatoms. The van der Waals surface area contributed by atoms with E-state index >= 15 is 0 Å². The van der Waals surface area contributed by atoms with E-state index in [1.807, 2.05) is 24.3 Å². The van der Waals surface area contributed by atoms with Crippen molar-refractivity contribution in [3.63, 3.8) is 0 Å². The van der Waals surface area contributed by atoms with Gasteiger partial charge in [-0.3, -0.25) is 4.79 Å². The molecule has 0 amide bonds. The third kappa shape index (κ3) is 1.61. The van der Waals surface area contributed by atoms with Crippen LogP contribution in [-0.2, 0) is 11.3 Å². The Labute approximate surface area is 101 Å². The van der Waals surface area contributed by atoms with Crippen molar-refractivity contribution >= 4 is 16.7 Å². The molecule has 0 bridgehead atoms. The minimum absolute atomic E-state index is 0.304. The van der Waals surface area contributed by atoms with E-state index in [2.05, 4.69) is 15.5 Å². The van der Waals surface area contributed by atoms with Crippen molar-refractivity contribution in [2.24, 2.45) is 0 Å². The van der Waals surface area contributed by atoms with Gasteiger partial charge < -0.3 is 9.52 Å². The van der Waals surface area contributed by atoms with Gasteiger partial charge >= 0.3 is 5.97 Å². The first-order valence-corrected chi connectivity index (χ1v) is 5.20. The fraction of sp³-hybridized carbons (Fsp3) is 0.0909. The van der Waals surface area contributed by atoms with Gasteiger partial charge in [-0.1, -0.05) is 24.3 Å². The standard InChI is InChI=1S/C11H8N4O3/c16-9(17)5-15-11(12-13-14-15)10-8-4-2-1-3-7(8)6-18-10/h1-4,6H,5H2,(H,16,17). The number of aliphatic carboxylic acids is 1. The monoisotopic (exact) mass is 244 g/mol. The minimum Gasteiger partial charge on any atom is -0.480 e. The Bertz CT molecular complexity index is 716. The maximum atomic E-state index is 10.7. The van der Waals surface area contributed by atoms with Crippen LogP contribution >= 0.6 is 0 Å². The lowest BCUT2D eigenvalue weighted by atomic mass is 10.2. The Balaban J connectivity index is 2.15. The van der Waals surface area contributed by atoms with E-state index in [0.29, 0.717) is 11.6 Å². The summed E-state index contributed by atoms with van der Waals surface area (Å²) in [5.74, 6) is -0.241. The third-order valence-corrected chi connectivity index (χ3v) is 2.53. The topological polar surface area (TPSA) is 94.0 Å². The Morgan fingerprint density at radius 2 is 2.22 bits per heavy atom. The number of carboxylic acids is 1. The van der Waals surface area contributed by atoms with Crippen LogP contribution in [0.15, 0.2) is 34.9 Å². The number of carbonyl (C=O) groups is 1. The normalized spacial score (nSPS) is 10.9. The van der Waals surface area contributed by atoms with E-state index in [1.165, 1.54) is 4.68 Å². The van der Waals surface area contributed by atoms with Crippen molar-refractivity contribution in [2.45, 2.75) is 6.54 Å². The lowest BCUT2D eigenvalue weighted by Crippen LogP contribution is -2.11. The van der Waals surface area contributed by atoms with Crippen LogP contribution in [0.1, 0.15) is 0 Å². The molecule has 3 aromatic rings. The van der Waals surface area contributed by atoms with Crippen molar-refractivity contribution in [2.75, 3.05) is 0 Å². The van der Waals surface area contributed by atoms with Gasteiger partial charge in [-0.15, -0.1) is 5.10 Å². The van der Waals surface area contributed by atoms with Gasteiger partial charge in [-0.05, 0) is 10.4 Å². The van der Waals surface area contributed by atoms with Crippen LogP contribution in [0.5, 0.6) is 0 Å². The zero-order valence-corrected chi connectivity index (χ0v) is 9.15. The van der Waals surface area contributed by atoms with Gasteiger partial charge in [0.05, 0.1) is 6.26 Å². The summed E-state index contributed by atoms with van der Waals surface area (Å²) >= 11 is 0. The summed E-state index contributed by atoms with van der Waals surface area (Å²) in [6.45, 7) is -0.308. The van der Waals surface area contributed by atoms with E-state index < -0.39 is 5.97 Å². The summed E-state index contributed by atoms with van der Waals surface area (Å²) in [5.41, 5.74) is 0. The predicted molar refractivity (Wildman–Crippen MR) is 60.7 cm³/mol. The number of hydrogen-bond donors (Lipinski definition) is 1. The molecule has 0 radical (unpaired) electrons. The Kier molecular flexibility index (Phi) is 2.30. The molecule has 0 saturated heterocycles. The zero-order chi connectivity index (χ0) is 12.5. The molecule has 3 rings (SSSR count). The average Bonchev–Trinajstić information content (AvgIpc) is 2.94. The number of tetrazole rings is 1. The van der Waals surface area contributed by atoms with Crippen molar-refractivity contribution < 1.29 is 14.3 Å². The van der Waals surface area contributed by atoms with E-state index in [4.69, 9.17) is 9.52 Å². The molecule has 0 spiro atoms. The molecule has 0 aliphatic rings. The van der Waals surface area contributed by atoms with E-state index in [0.717, 1.165) is 10.8 Å². The van der Waals surface area contributed by atoms with Crippen molar-refractivity contribution in [3.8, 4) is 11.6 Å². The van der Waals surface area contributed by atoms with Crippen molar-refractivity contribution in [1.82, 2.24) is 20.2 Å². The molecule has 7 nitrogen and oxygen atoms in total. The summed E-state index contributed by atoms with van der Waals surface area (Å²) in [7, 11) is 0. The number of fused-ring (bicyclic) bond motifs is 1. The van der Waals surface area contributed by atoms with Gasteiger partial charge in [-0.25, -0.2) is 4.68 Å². The van der Waals surface area contributed by atoms with Gasteiger partial charge in [-0.2, -0.15) is 0 Å². The van der Waals surface area contributed by atoms with E-state index in [-0.39, 0.29) is 6.54 Å². The van der Waals surface area contributed by atoms with Gasteiger partial charge in [0.1, 0.15) is 6.54 Å². The molecule has 1 aromatic carbocycles. The highest BCUT2D eigenvalue weighted by atomic mass is 16.4. The number of furan rings is 1. The Morgan fingerprint density at radius 1 is 1.39 bits per heavy atom. The Hall–Kier alpha value is -2.70. The summed E-state index contributed by atoms with van der Waals surface area (Å²) in [5, 5.41) is 21.5. The average molecular weight is 244 g/mol.